The Morgan fingerprint density at radius 2 is 2.00 bits per heavy atom. The van der Waals surface area contributed by atoms with Gasteiger partial charge in [0.05, 0.1) is 6.61 Å². The third-order valence-corrected chi connectivity index (χ3v) is 2.58. The number of hydrogen-bond acceptors (Lipinski definition) is 3. The Labute approximate surface area is 89.8 Å². The summed E-state index contributed by atoms with van der Waals surface area (Å²) >= 11 is 1.85. The lowest BCUT2D eigenvalue weighted by Gasteiger charge is -2.03. The average molecular weight is 211 g/mol. The molecule has 3 heteroatoms. The van der Waals surface area contributed by atoms with E-state index in [1.165, 1.54) is 11.3 Å². The van der Waals surface area contributed by atoms with Crippen molar-refractivity contribution >= 4 is 17.4 Å². The van der Waals surface area contributed by atoms with Crippen molar-refractivity contribution < 1.29 is 4.74 Å². The van der Waals surface area contributed by atoms with E-state index in [2.05, 4.69) is 6.26 Å². The van der Waals surface area contributed by atoms with Crippen LogP contribution in [0, 0.1) is 0 Å². The first kappa shape index (κ1) is 11.4. The van der Waals surface area contributed by atoms with Crippen molar-refractivity contribution in [3.63, 3.8) is 0 Å². The fourth-order valence-electron chi connectivity index (χ4n) is 1.11. The minimum Gasteiger partial charge on any atom is -0.399 e. The third-order valence-electron chi connectivity index (χ3n) is 1.89. The summed E-state index contributed by atoms with van der Waals surface area (Å²) in [5.74, 6) is 1.17. The van der Waals surface area contributed by atoms with Gasteiger partial charge in [-0.05, 0) is 36.1 Å². The standard InChI is InChI=1S/C11H17NOS/c1-14-8-2-7-13-9-10-3-5-11(12)6-4-10/h3-6H,2,7-9,12H2,1H3. The molecule has 0 unspecified atom stereocenters. The lowest BCUT2D eigenvalue weighted by Crippen LogP contribution is -1.96. The van der Waals surface area contributed by atoms with Gasteiger partial charge in [-0.2, -0.15) is 11.8 Å². The summed E-state index contributed by atoms with van der Waals surface area (Å²) in [6, 6.07) is 7.81. The van der Waals surface area contributed by atoms with E-state index in [0.29, 0.717) is 6.61 Å². The van der Waals surface area contributed by atoms with Gasteiger partial charge in [0.2, 0.25) is 0 Å². The van der Waals surface area contributed by atoms with E-state index in [0.717, 1.165) is 18.7 Å². The van der Waals surface area contributed by atoms with Crippen LogP contribution < -0.4 is 5.73 Å². The van der Waals surface area contributed by atoms with Gasteiger partial charge in [0.1, 0.15) is 0 Å². The first-order valence-electron chi connectivity index (χ1n) is 4.74. The summed E-state index contributed by atoms with van der Waals surface area (Å²) in [7, 11) is 0. The van der Waals surface area contributed by atoms with Gasteiger partial charge in [0.15, 0.2) is 0 Å². The number of hydrogen-bond donors (Lipinski definition) is 1. The van der Waals surface area contributed by atoms with E-state index < -0.39 is 0 Å². The maximum Gasteiger partial charge on any atom is 0.0716 e. The van der Waals surface area contributed by atoms with Crippen LogP contribution in [0.15, 0.2) is 24.3 Å². The van der Waals surface area contributed by atoms with Crippen molar-refractivity contribution in [2.45, 2.75) is 13.0 Å². The maximum atomic E-state index is 5.58. The molecule has 0 aliphatic heterocycles. The SMILES string of the molecule is CSCCCOCc1ccc(N)cc1. The summed E-state index contributed by atoms with van der Waals surface area (Å²) in [6.45, 7) is 1.53. The minimum atomic E-state index is 0.689. The molecule has 0 atom stereocenters. The largest absolute Gasteiger partial charge is 0.399 e. The first-order chi connectivity index (χ1) is 6.83. The Kier molecular flexibility index (Phi) is 5.49. The molecule has 14 heavy (non-hydrogen) atoms. The zero-order valence-electron chi connectivity index (χ0n) is 8.53. The van der Waals surface area contributed by atoms with E-state index in [-0.39, 0.29) is 0 Å². The second kappa shape index (κ2) is 6.74. The van der Waals surface area contributed by atoms with Crippen LogP contribution in [0.1, 0.15) is 12.0 Å². The minimum absolute atomic E-state index is 0.689. The normalized spacial score (nSPS) is 10.4. The lowest BCUT2D eigenvalue weighted by atomic mass is 10.2. The highest BCUT2D eigenvalue weighted by atomic mass is 32.2. The quantitative estimate of drug-likeness (QED) is 0.580. The van der Waals surface area contributed by atoms with Crippen molar-refractivity contribution in [3.05, 3.63) is 29.8 Å². The average Bonchev–Trinajstić information content (AvgIpc) is 2.21. The molecule has 0 fully saturated rings. The van der Waals surface area contributed by atoms with Crippen LogP contribution >= 0.6 is 11.8 Å². The molecule has 0 radical (unpaired) electrons. The van der Waals surface area contributed by atoms with E-state index in [9.17, 15) is 0 Å². The second-order valence-electron chi connectivity index (χ2n) is 3.14. The van der Waals surface area contributed by atoms with Gasteiger partial charge in [0.25, 0.3) is 0 Å². The van der Waals surface area contributed by atoms with Crippen molar-refractivity contribution in [1.29, 1.82) is 0 Å². The molecule has 0 aromatic heterocycles. The van der Waals surface area contributed by atoms with Gasteiger partial charge in [-0.1, -0.05) is 12.1 Å². The molecule has 0 spiro atoms. The molecule has 1 rings (SSSR count). The van der Waals surface area contributed by atoms with Crippen LogP contribution in [-0.2, 0) is 11.3 Å². The van der Waals surface area contributed by atoms with Gasteiger partial charge in [-0.25, -0.2) is 0 Å². The molecule has 0 aliphatic carbocycles. The first-order valence-corrected chi connectivity index (χ1v) is 6.13. The van der Waals surface area contributed by atoms with Crippen LogP contribution in [0.2, 0.25) is 0 Å². The Morgan fingerprint density at radius 1 is 1.29 bits per heavy atom. The third kappa shape index (κ3) is 4.53. The summed E-state index contributed by atoms with van der Waals surface area (Å²) in [4.78, 5) is 0. The number of benzene rings is 1. The predicted molar refractivity (Wildman–Crippen MR) is 63.5 cm³/mol. The summed E-state index contributed by atoms with van der Waals surface area (Å²) in [5.41, 5.74) is 7.56. The van der Waals surface area contributed by atoms with E-state index in [4.69, 9.17) is 10.5 Å². The molecule has 0 heterocycles. The van der Waals surface area contributed by atoms with Crippen LogP contribution in [-0.4, -0.2) is 18.6 Å². The lowest BCUT2D eigenvalue weighted by molar-refractivity contribution is 0.122. The predicted octanol–water partition coefficient (Wildman–Crippen LogP) is 2.54. The number of rotatable bonds is 6. The molecule has 0 saturated carbocycles. The molecule has 2 nitrogen and oxygen atoms in total. The highest BCUT2D eigenvalue weighted by Crippen LogP contribution is 2.06. The maximum absolute atomic E-state index is 5.58. The number of nitrogens with two attached hydrogens (primary N) is 1. The molecular weight excluding hydrogens is 194 g/mol. The molecule has 0 aliphatic rings. The highest BCUT2D eigenvalue weighted by Gasteiger charge is 1.92. The number of thioether (sulfide) groups is 1. The summed E-state index contributed by atoms with van der Waals surface area (Å²) in [5, 5.41) is 0. The van der Waals surface area contributed by atoms with Crippen molar-refractivity contribution in [2.75, 3.05) is 24.3 Å². The number of anilines is 1. The fraction of sp³-hybridized carbons (Fsp3) is 0.455. The number of nitrogen functional groups attached to an aromatic ring is 1. The topological polar surface area (TPSA) is 35.2 Å². The monoisotopic (exact) mass is 211 g/mol. The molecule has 1 aromatic carbocycles. The van der Waals surface area contributed by atoms with Crippen LogP contribution in [0.3, 0.4) is 0 Å². The zero-order chi connectivity index (χ0) is 10.2. The highest BCUT2D eigenvalue weighted by molar-refractivity contribution is 7.98. The van der Waals surface area contributed by atoms with Gasteiger partial charge in [-0.3, -0.25) is 0 Å². The zero-order valence-corrected chi connectivity index (χ0v) is 9.35. The molecule has 2 N–H and O–H groups in total. The second-order valence-corrected chi connectivity index (χ2v) is 4.13. The van der Waals surface area contributed by atoms with Gasteiger partial charge in [0, 0.05) is 12.3 Å². The molecular formula is C11H17NOS. The Bertz CT molecular complexity index is 248. The fourth-order valence-corrected chi connectivity index (χ4v) is 1.52. The molecule has 0 amide bonds. The van der Waals surface area contributed by atoms with Crippen LogP contribution in [0.5, 0.6) is 0 Å². The van der Waals surface area contributed by atoms with Crippen molar-refractivity contribution in [2.24, 2.45) is 0 Å². The van der Waals surface area contributed by atoms with Gasteiger partial charge in [-0.15, -0.1) is 0 Å². The summed E-state index contributed by atoms with van der Waals surface area (Å²) in [6.07, 6.45) is 3.23. The van der Waals surface area contributed by atoms with E-state index >= 15 is 0 Å². The van der Waals surface area contributed by atoms with E-state index in [1.54, 1.807) is 0 Å². The van der Waals surface area contributed by atoms with Crippen LogP contribution in [0.4, 0.5) is 5.69 Å². The van der Waals surface area contributed by atoms with E-state index in [1.807, 2.05) is 36.0 Å². The van der Waals surface area contributed by atoms with Crippen molar-refractivity contribution in [1.82, 2.24) is 0 Å². The number of ether oxygens (including phenoxy) is 1. The van der Waals surface area contributed by atoms with Crippen LogP contribution in [0.25, 0.3) is 0 Å². The van der Waals surface area contributed by atoms with Crippen molar-refractivity contribution in [3.8, 4) is 0 Å². The summed E-state index contributed by atoms with van der Waals surface area (Å²) < 4.78 is 5.51. The van der Waals surface area contributed by atoms with Gasteiger partial charge < -0.3 is 10.5 Å². The molecule has 0 saturated heterocycles. The molecule has 0 bridgehead atoms. The molecule has 1 aromatic rings. The Hall–Kier alpha value is -0.670. The molecule has 78 valence electrons. The smallest absolute Gasteiger partial charge is 0.0716 e. The van der Waals surface area contributed by atoms with Gasteiger partial charge >= 0.3 is 0 Å². The Balaban J connectivity index is 2.15. The Morgan fingerprint density at radius 3 is 2.64 bits per heavy atom.